The smallest absolute Gasteiger partial charge is 0.277 e. The second-order valence-electron chi connectivity index (χ2n) is 6.77. The minimum Gasteiger partial charge on any atom is -0.545 e. The first kappa shape index (κ1) is 19.2. The number of aromatic carboxylic acids is 1. The zero-order chi connectivity index (χ0) is 19.2. The highest BCUT2D eigenvalue weighted by molar-refractivity contribution is 5.88. The van der Waals surface area contributed by atoms with Crippen LogP contribution < -0.4 is 15.3 Å². The van der Waals surface area contributed by atoms with Gasteiger partial charge in [-0.2, -0.15) is 5.10 Å². The highest BCUT2D eigenvalue weighted by Gasteiger charge is 2.13. The van der Waals surface area contributed by atoms with Crippen molar-refractivity contribution in [2.75, 3.05) is 6.61 Å². The number of hydrogen-bond acceptors (Lipinski definition) is 5. The molecule has 2 rings (SSSR count). The maximum atomic E-state index is 11.7. The lowest BCUT2D eigenvalue weighted by atomic mass is 9.87. The SMILES string of the molecule is CC(C)(C)c1ccc(OCC(=O)N/N=C\c2ccc(C(=O)[O-])cc2)cc1. The van der Waals surface area contributed by atoms with Crippen LogP contribution >= 0.6 is 0 Å². The van der Waals surface area contributed by atoms with Crippen LogP contribution in [0.4, 0.5) is 0 Å². The predicted molar refractivity (Wildman–Crippen MR) is 97.1 cm³/mol. The van der Waals surface area contributed by atoms with Crippen molar-refractivity contribution in [3.8, 4) is 5.75 Å². The predicted octanol–water partition coefficient (Wildman–Crippen LogP) is 1.88. The van der Waals surface area contributed by atoms with Gasteiger partial charge in [0.15, 0.2) is 6.61 Å². The van der Waals surface area contributed by atoms with Crippen molar-refractivity contribution in [1.29, 1.82) is 0 Å². The maximum absolute atomic E-state index is 11.7. The third-order valence-electron chi connectivity index (χ3n) is 3.64. The molecule has 0 fully saturated rings. The van der Waals surface area contributed by atoms with Crippen LogP contribution in [-0.2, 0) is 10.2 Å². The number of nitrogens with one attached hydrogen (secondary N) is 1. The Labute approximate surface area is 152 Å². The second kappa shape index (κ2) is 8.29. The molecule has 0 bridgehead atoms. The van der Waals surface area contributed by atoms with E-state index in [4.69, 9.17) is 4.74 Å². The van der Waals surface area contributed by atoms with E-state index in [-0.39, 0.29) is 17.6 Å². The monoisotopic (exact) mass is 353 g/mol. The van der Waals surface area contributed by atoms with Crippen molar-refractivity contribution in [2.45, 2.75) is 26.2 Å². The van der Waals surface area contributed by atoms with Gasteiger partial charge in [0.25, 0.3) is 5.91 Å². The zero-order valence-corrected chi connectivity index (χ0v) is 15.0. The molecule has 0 saturated heterocycles. The molecule has 0 radical (unpaired) electrons. The molecule has 0 aromatic heterocycles. The number of ether oxygens (including phenoxy) is 1. The summed E-state index contributed by atoms with van der Waals surface area (Å²) in [4.78, 5) is 22.4. The molecule has 0 heterocycles. The zero-order valence-electron chi connectivity index (χ0n) is 15.0. The van der Waals surface area contributed by atoms with Crippen LogP contribution in [0.15, 0.2) is 53.6 Å². The maximum Gasteiger partial charge on any atom is 0.277 e. The first-order chi connectivity index (χ1) is 12.3. The molecule has 0 atom stereocenters. The lowest BCUT2D eigenvalue weighted by Gasteiger charge is -2.19. The molecule has 0 aliphatic rings. The molecule has 0 saturated carbocycles. The number of nitrogens with zero attached hydrogens (tertiary/aromatic N) is 1. The Morgan fingerprint density at radius 3 is 2.23 bits per heavy atom. The van der Waals surface area contributed by atoms with E-state index in [0.717, 1.165) is 0 Å². The van der Waals surface area contributed by atoms with E-state index in [1.165, 1.54) is 23.9 Å². The van der Waals surface area contributed by atoms with E-state index in [9.17, 15) is 14.7 Å². The van der Waals surface area contributed by atoms with Crippen molar-refractivity contribution in [3.05, 3.63) is 65.2 Å². The average molecular weight is 353 g/mol. The highest BCUT2D eigenvalue weighted by Crippen LogP contribution is 2.24. The second-order valence-corrected chi connectivity index (χ2v) is 6.77. The van der Waals surface area contributed by atoms with Crippen molar-refractivity contribution in [3.63, 3.8) is 0 Å². The fourth-order valence-electron chi connectivity index (χ4n) is 2.12. The first-order valence-corrected chi connectivity index (χ1v) is 8.12. The lowest BCUT2D eigenvalue weighted by Crippen LogP contribution is -2.24. The van der Waals surface area contributed by atoms with Crippen LogP contribution in [0.3, 0.4) is 0 Å². The Morgan fingerprint density at radius 2 is 1.69 bits per heavy atom. The van der Waals surface area contributed by atoms with Crippen LogP contribution in [-0.4, -0.2) is 24.7 Å². The van der Waals surface area contributed by atoms with Gasteiger partial charge in [0.05, 0.1) is 12.2 Å². The van der Waals surface area contributed by atoms with E-state index in [1.54, 1.807) is 12.1 Å². The molecule has 0 aliphatic heterocycles. The van der Waals surface area contributed by atoms with Gasteiger partial charge in [-0.25, -0.2) is 5.43 Å². The molecular formula is C20H21N2O4-. The summed E-state index contributed by atoms with van der Waals surface area (Å²) in [5, 5.41) is 14.5. The number of rotatable bonds is 6. The van der Waals surface area contributed by atoms with Crippen molar-refractivity contribution in [2.24, 2.45) is 5.10 Å². The van der Waals surface area contributed by atoms with Crippen LogP contribution in [0.25, 0.3) is 0 Å². The summed E-state index contributed by atoms with van der Waals surface area (Å²) in [5.74, 6) is -1.03. The molecule has 6 heteroatoms. The van der Waals surface area contributed by atoms with E-state index in [0.29, 0.717) is 11.3 Å². The van der Waals surface area contributed by atoms with Gasteiger partial charge >= 0.3 is 0 Å². The summed E-state index contributed by atoms with van der Waals surface area (Å²) in [5.41, 5.74) is 4.32. The van der Waals surface area contributed by atoms with Gasteiger partial charge in [0.1, 0.15) is 5.75 Å². The quantitative estimate of drug-likeness (QED) is 0.634. The summed E-state index contributed by atoms with van der Waals surface area (Å²) >= 11 is 0. The molecule has 2 aromatic carbocycles. The molecule has 0 unspecified atom stereocenters. The standard InChI is InChI=1S/C20H22N2O4/c1-20(2,3)16-8-10-17(11-9-16)26-13-18(23)22-21-12-14-4-6-15(7-5-14)19(24)25/h4-12H,13H2,1-3H3,(H,22,23)(H,24,25)/p-1/b21-12-. The van der Waals surface area contributed by atoms with Gasteiger partial charge in [-0.3, -0.25) is 4.79 Å². The van der Waals surface area contributed by atoms with Crippen LogP contribution in [0.5, 0.6) is 5.75 Å². The van der Waals surface area contributed by atoms with E-state index >= 15 is 0 Å². The van der Waals surface area contributed by atoms with Crippen molar-refractivity contribution < 1.29 is 19.4 Å². The van der Waals surface area contributed by atoms with Gasteiger partial charge in [0, 0.05) is 0 Å². The van der Waals surface area contributed by atoms with Gasteiger partial charge < -0.3 is 14.6 Å². The molecule has 136 valence electrons. The molecular weight excluding hydrogens is 332 g/mol. The molecule has 1 amide bonds. The number of hydrogen-bond donors (Lipinski definition) is 1. The highest BCUT2D eigenvalue weighted by atomic mass is 16.5. The fraction of sp³-hybridized carbons (Fsp3) is 0.250. The third kappa shape index (κ3) is 5.73. The number of benzene rings is 2. The van der Waals surface area contributed by atoms with Crippen LogP contribution in [0, 0.1) is 0 Å². The summed E-state index contributed by atoms with van der Waals surface area (Å²) in [6.45, 7) is 6.22. The van der Waals surface area contributed by atoms with Gasteiger partial charge in [0.2, 0.25) is 0 Å². The fourth-order valence-corrected chi connectivity index (χ4v) is 2.12. The average Bonchev–Trinajstić information content (AvgIpc) is 2.60. The number of carbonyl (C=O) groups excluding carboxylic acids is 2. The summed E-state index contributed by atoms with van der Waals surface area (Å²) in [6, 6.07) is 13.5. The minimum absolute atomic E-state index is 0.0593. The Morgan fingerprint density at radius 1 is 1.08 bits per heavy atom. The topological polar surface area (TPSA) is 90.8 Å². The van der Waals surface area contributed by atoms with Crippen molar-refractivity contribution in [1.82, 2.24) is 5.43 Å². The Bertz CT molecular complexity index is 788. The van der Waals surface area contributed by atoms with E-state index < -0.39 is 11.9 Å². The van der Waals surface area contributed by atoms with Gasteiger partial charge in [-0.05, 0) is 34.2 Å². The summed E-state index contributed by atoms with van der Waals surface area (Å²) in [7, 11) is 0. The minimum atomic E-state index is -1.24. The molecule has 0 aliphatic carbocycles. The Balaban J connectivity index is 1.80. The number of hydrazone groups is 1. The number of amides is 1. The van der Waals surface area contributed by atoms with Crippen LogP contribution in [0.1, 0.15) is 42.3 Å². The van der Waals surface area contributed by atoms with Crippen LogP contribution in [0.2, 0.25) is 0 Å². The number of carboxylic acid groups (broad SMARTS) is 1. The van der Waals surface area contributed by atoms with E-state index in [1.807, 2.05) is 24.3 Å². The normalized spacial score (nSPS) is 11.3. The van der Waals surface area contributed by atoms with Gasteiger partial charge in [-0.1, -0.05) is 57.2 Å². The number of carbonyl (C=O) groups is 2. The lowest BCUT2D eigenvalue weighted by molar-refractivity contribution is -0.255. The van der Waals surface area contributed by atoms with E-state index in [2.05, 4.69) is 31.3 Å². The summed E-state index contributed by atoms with van der Waals surface area (Å²) < 4.78 is 5.42. The van der Waals surface area contributed by atoms with Gasteiger partial charge in [-0.15, -0.1) is 0 Å². The Kier molecular flexibility index (Phi) is 6.11. The van der Waals surface area contributed by atoms with Crippen molar-refractivity contribution >= 4 is 18.1 Å². The summed E-state index contributed by atoms with van der Waals surface area (Å²) in [6.07, 6.45) is 1.41. The molecule has 6 nitrogen and oxygen atoms in total. The molecule has 26 heavy (non-hydrogen) atoms. The molecule has 0 spiro atoms. The molecule has 1 N–H and O–H groups in total. The molecule has 2 aromatic rings. The Hall–Kier alpha value is -3.15. The third-order valence-corrected chi connectivity index (χ3v) is 3.64. The first-order valence-electron chi connectivity index (χ1n) is 8.12. The largest absolute Gasteiger partial charge is 0.545 e. The number of carboxylic acids is 1.